The first-order valence-electron chi connectivity index (χ1n) is 6.76. The number of benzene rings is 1. The van der Waals surface area contributed by atoms with Crippen LogP contribution in [-0.4, -0.2) is 22.8 Å². The van der Waals surface area contributed by atoms with Gasteiger partial charge in [-0.05, 0) is 28.4 Å². The summed E-state index contributed by atoms with van der Waals surface area (Å²) >= 11 is 3.06. The highest BCUT2D eigenvalue weighted by atomic mass is 79.9. The molecule has 0 radical (unpaired) electrons. The number of aromatic amines is 1. The molecule has 0 fully saturated rings. The minimum atomic E-state index is -0.506. The maximum Gasteiger partial charge on any atom is 0.330 e. The summed E-state index contributed by atoms with van der Waals surface area (Å²) in [6, 6.07) is 8.12. The van der Waals surface area contributed by atoms with Gasteiger partial charge in [-0.15, -0.1) is 0 Å². The Hall–Kier alpha value is -1.70. The number of hydrogen-bond donors (Lipinski definition) is 1. The molecule has 0 aliphatic heterocycles. The van der Waals surface area contributed by atoms with Crippen LogP contribution < -0.4 is 11.2 Å². The lowest BCUT2D eigenvalue weighted by Gasteiger charge is -2.08. The molecule has 118 valence electrons. The summed E-state index contributed by atoms with van der Waals surface area (Å²) in [5.41, 5.74) is 1.35. The van der Waals surface area contributed by atoms with Crippen LogP contribution in [0.1, 0.15) is 11.1 Å². The third-order valence-corrected chi connectivity index (χ3v) is 3.52. The highest BCUT2D eigenvalue weighted by Gasteiger charge is 2.01. The Kier molecular flexibility index (Phi) is 6.11. The number of rotatable bonds is 7. The predicted octanol–water partition coefficient (Wildman–Crippen LogP) is 1.80. The van der Waals surface area contributed by atoms with Crippen molar-refractivity contribution in [1.82, 2.24) is 9.55 Å². The smallest absolute Gasteiger partial charge is 0.330 e. The van der Waals surface area contributed by atoms with E-state index in [0.717, 1.165) is 5.56 Å². The minimum Gasteiger partial charge on any atom is -0.374 e. The predicted molar refractivity (Wildman–Crippen MR) is 85.8 cm³/mol. The van der Waals surface area contributed by atoms with Crippen LogP contribution in [0, 0.1) is 6.92 Å². The first-order chi connectivity index (χ1) is 10.6. The van der Waals surface area contributed by atoms with Crippen LogP contribution >= 0.6 is 15.9 Å². The highest BCUT2D eigenvalue weighted by molar-refractivity contribution is 9.10. The molecule has 22 heavy (non-hydrogen) atoms. The van der Waals surface area contributed by atoms with Crippen molar-refractivity contribution in [2.24, 2.45) is 0 Å². The first kappa shape index (κ1) is 16.7. The Balaban J connectivity index is 1.69. The van der Waals surface area contributed by atoms with Crippen molar-refractivity contribution in [3.63, 3.8) is 0 Å². The normalized spacial score (nSPS) is 10.8. The van der Waals surface area contributed by atoms with Crippen LogP contribution in [0.4, 0.5) is 0 Å². The quantitative estimate of drug-likeness (QED) is 0.756. The van der Waals surface area contributed by atoms with Crippen molar-refractivity contribution in [3.8, 4) is 0 Å². The Morgan fingerprint density at radius 2 is 1.82 bits per heavy atom. The SMILES string of the molecule is Cc1ccc(COCCOCn2cc(Br)c(=O)[nH]c2=O)cc1. The lowest BCUT2D eigenvalue weighted by molar-refractivity contribution is 0.0120. The van der Waals surface area contributed by atoms with Gasteiger partial charge in [0.15, 0.2) is 0 Å². The second kappa shape index (κ2) is 8.07. The van der Waals surface area contributed by atoms with E-state index in [-0.39, 0.29) is 11.2 Å². The topological polar surface area (TPSA) is 73.3 Å². The molecule has 0 unspecified atom stereocenters. The van der Waals surface area contributed by atoms with Crippen LogP contribution in [0.3, 0.4) is 0 Å². The van der Waals surface area contributed by atoms with Crippen LogP contribution in [0.15, 0.2) is 44.5 Å². The van der Waals surface area contributed by atoms with E-state index in [0.29, 0.717) is 19.8 Å². The van der Waals surface area contributed by atoms with Crippen LogP contribution in [0.2, 0.25) is 0 Å². The zero-order valence-corrected chi connectivity index (χ0v) is 13.8. The maximum atomic E-state index is 11.5. The van der Waals surface area contributed by atoms with Gasteiger partial charge in [0, 0.05) is 6.20 Å². The monoisotopic (exact) mass is 368 g/mol. The number of aryl methyl sites for hydroxylation is 1. The van der Waals surface area contributed by atoms with Crippen molar-refractivity contribution in [1.29, 1.82) is 0 Å². The van der Waals surface area contributed by atoms with Gasteiger partial charge in [-0.25, -0.2) is 4.79 Å². The van der Waals surface area contributed by atoms with Crippen LogP contribution in [-0.2, 0) is 22.8 Å². The van der Waals surface area contributed by atoms with Gasteiger partial charge in [-0.3, -0.25) is 14.3 Å². The molecule has 0 amide bonds. The van der Waals surface area contributed by atoms with Crippen LogP contribution in [0.5, 0.6) is 0 Å². The van der Waals surface area contributed by atoms with Crippen molar-refractivity contribution in [2.45, 2.75) is 20.3 Å². The van der Waals surface area contributed by atoms with E-state index in [1.165, 1.54) is 16.3 Å². The Morgan fingerprint density at radius 1 is 1.14 bits per heavy atom. The second-order valence-electron chi connectivity index (χ2n) is 4.78. The molecule has 0 aliphatic rings. The van der Waals surface area contributed by atoms with Crippen molar-refractivity contribution in [2.75, 3.05) is 13.2 Å². The molecule has 0 atom stereocenters. The Labute approximate surface area is 135 Å². The molecule has 0 saturated heterocycles. The molecule has 1 aromatic carbocycles. The number of aromatic nitrogens is 2. The molecule has 1 heterocycles. The van der Waals surface area contributed by atoms with E-state index < -0.39 is 11.2 Å². The summed E-state index contributed by atoms with van der Waals surface area (Å²) in [5.74, 6) is 0. The van der Waals surface area contributed by atoms with Gasteiger partial charge in [0.25, 0.3) is 5.56 Å². The summed E-state index contributed by atoms with van der Waals surface area (Å²) in [5, 5.41) is 0. The Bertz CT molecular complexity index is 722. The number of nitrogens with zero attached hydrogens (tertiary/aromatic N) is 1. The lowest BCUT2D eigenvalue weighted by Crippen LogP contribution is -2.30. The summed E-state index contributed by atoms with van der Waals surface area (Å²) in [7, 11) is 0. The third-order valence-electron chi connectivity index (χ3n) is 2.96. The van der Waals surface area contributed by atoms with Gasteiger partial charge < -0.3 is 9.47 Å². The number of H-pyrrole nitrogens is 1. The number of hydrogen-bond acceptors (Lipinski definition) is 4. The number of ether oxygens (including phenoxy) is 2. The molecule has 0 aliphatic carbocycles. The zero-order chi connectivity index (χ0) is 15.9. The summed E-state index contributed by atoms with van der Waals surface area (Å²) in [4.78, 5) is 24.9. The summed E-state index contributed by atoms with van der Waals surface area (Å²) in [6.45, 7) is 3.40. The second-order valence-corrected chi connectivity index (χ2v) is 5.64. The molecule has 0 bridgehead atoms. The van der Waals surface area contributed by atoms with Gasteiger partial charge in [0.2, 0.25) is 0 Å². The van der Waals surface area contributed by atoms with E-state index in [2.05, 4.69) is 20.9 Å². The third kappa shape index (κ3) is 4.94. The van der Waals surface area contributed by atoms with Crippen molar-refractivity contribution < 1.29 is 9.47 Å². The van der Waals surface area contributed by atoms with E-state index in [4.69, 9.17) is 9.47 Å². The fourth-order valence-electron chi connectivity index (χ4n) is 1.73. The number of halogens is 1. The highest BCUT2D eigenvalue weighted by Crippen LogP contribution is 2.04. The molecule has 2 rings (SSSR count). The number of nitrogens with one attached hydrogen (secondary N) is 1. The standard InChI is InChI=1S/C15H17BrN2O4/c1-11-2-4-12(5-3-11)9-21-6-7-22-10-18-8-13(16)14(19)17-15(18)20/h2-5,8H,6-7,9-10H2,1H3,(H,17,19,20). The first-order valence-corrected chi connectivity index (χ1v) is 7.56. The molecule has 7 heteroatoms. The molecule has 6 nitrogen and oxygen atoms in total. The maximum absolute atomic E-state index is 11.5. The van der Waals surface area contributed by atoms with Crippen LogP contribution in [0.25, 0.3) is 0 Å². The Morgan fingerprint density at radius 3 is 2.55 bits per heavy atom. The fourth-order valence-corrected chi connectivity index (χ4v) is 2.08. The molecular formula is C15H17BrN2O4. The molecular weight excluding hydrogens is 352 g/mol. The van der Waals surface area contributed by atoms with Gasteiger partial charge in [-0.1, -0.05) is 29.8 Å². The fraction of sp³-hybridized carbons (Fsp3) is 0.333. The zero-order valence-electron chi connectivity index (χ0n) is 12.2. The van der Waals surface area contributed by atoms with Gasteiger partial charge in [0.05, 0.1) is 24.3 Å². The van der Waals surface area contributed by atoms with Gasteiger partial charge >= 0.3 is 5.69 Å². The molecule has 1 N–H and O–H groups in total. The minimum absolute atomic E-state index is 0.0576. The van der Waals surface area contributed by atoms with E-state index in [1.54, 1.807) is 0 Å². The van der Waals surface area contributed by atoms with Gasteiger partial charge in [-0.2, -0.15) is 0 Å². The largest absolute Gasteiger partial charge is 0.374 e. The lowest BCUT2D eigenvalue weighted by atomic mass is 10.2. The average Bonchev–Trinajstić information content (AvgIpc) is 2.49. The summed E-state index contributed by atoms with van der Waals surface area (Å²) < 4.78 is 12.4. The van der Waals surface area contributed by atoms with E-state index in [9.17, 15) is 9.59 Å². The molecule has 0 saturated carbocycles. The average molecular weight is 369 g/mol. The van der Waals surface area contributed by atoms with E-state index in [1.807, 2.05) is 31.2 Å². The molecule has 0 spiro atoms. The van der Waals surface area contributed by atoms with Crippen molar-refractivity contribution >= 4 is 15.9 Å². The molecule has 1 aromatic heterocycles. The molecule has 2 aromatic rings. The van der Waals surface area contributed by atoms with E-state index >= 15 is 0 Å². The summed E-state index contributed by atoms with van der Waals surface area (Å²) in [6.07, 6.45) is 1.40. The van der Waals surface area contributed by atoms with Gasteiger partial charge in [0.1, 0.15) is 6.73 Å². The van der Waals surface area contributed by atoms with Crippen molar-refractivity contribution in [3.05, 3.63) is 66.9 Å².